The summed E-state index contributed by atoms with van der Waals surface area (Å²) in [6, 6.07) is 12.4. The number of hydrogen-bond donors (Lipinski definition) is 0. The Morgan fingerprint density at radius 2 is 1.66 bits per heavy atom. The van der Waals surface area contributed by atoms with Gasteiger partial charge in [-0.2, -0.15) is 5.10 Å². The first-order valence-electron chi connectivity index (χ1n) is 10.9. The molecule has 6 heteroatoms. The third kappa shape index (κ3) is 4.86. The predicted octanol–water partition coefficient (Wildman–Crippen LogP) is 2.92. The second-order valence-corrected chi connectivity index (χ2v) is 8.07. The van der Waals surface area contributed by atoms with Crippen molar-refractivity contribution in [2.45, 2.75) is 51.5 Å². The van der Waals surface area contributed by atoms with E-state index >= 15 is 0 Å². The molecule has 2 aliphatic rings. The smallest absolute Gasteiger partial charge is 0.274 e. The number of fused-ring (bicyclic) bond motifs is 1. The minimum absolute atomic E-state index is 0.00172. The van der Waals surface area contributed by atoms with Crippen LogP contribution in [0, 0.1) is 0 Å². The van der Waals surface area contributed by atoms with Gasteiger partial charge in [-0.15, -0.1) is 0 Å². The van der Waals surface area contributed by atoms with Crippen LogP contribution in [0.1, 0.15) is 53.8 Å². The number of unbranched alkanes of at least 4 members (excludes halogenated alkanes) is 1. The fourth-order valence-corrected chi connectivity index (χ4v) is 4.25. The molecular formula is C23H30N4O2. The van der Waals surface area contributed by atoms with Crippen LogP contribution in [0.15, 0.2) is 36.4 Å². The molecule has 1 aromatic heterocycles. The normalized spacial score (nSPS) is 16.6. The van der Waals surface area contributed by atoms with Crippen molar-refractivity contribution in [1.29, 1.82) is 0 Å². The van der Waals surface area contributed by atoms with E-state index in [-0.39, 0.29) is 11.8 Å². The van der Waals surface area contributed by atoms with Gasteiger partial charge in [-0.05, 0) is 50.2 Å². The van der Waals surface area contributed by atoms with Gasteiger partial charge in [0.15, 0.2) is 5.69 Å². The van der Waals surface area contributed by atoms with Gasteiger partial charge in [0.1, 0.15) is 0 Å². The van der Waals surface area contributed by atoms with Crippen LogP contribution < -0.4 is 0 Å². The Kier molecular flexibility index (Phi) is 6.27. The Bertz CT molecular complexity index is 814. The van der Waals surface area contributed by atoms with Crippen molar-refractivity contribution in [3.05, 3.63) is 53.3 Å². The van der Waals surface area contributed by atoms with Gasteiger partial charge in [-0.3, -0.25) is 14.3 Å². The van der Waals surface area contributed by atoms with Gasteiger partial charge in [-0.1, -0.05) is 30.3 Å². The lowest BCUT2D eigenvalue weighted by molar-refractivity contribution is -0.132. The number of rotatable bonds is 6. The van der Waals surface area contributed by atoms with E-state index in [2.05, 4.69) is 29.4 Å². The van der Waals surface area contributed by atoms with E-state index in [4.69, 9.17) is 0 Å². The minimum Gasteiger partial charge on any atom is -0.339 e. The van der Waals surface area contributed by atoms with Gasteiger partial charge in [0.05, 0.1) is 0 Å². The highest BCUT2D eigenvalue weighted by Gasteiger charge is 2.27. The Morgan fingerprint density at radius 1 is 0.897 bits per heavy atom. The van der Waals surface area contributed by atoms with Crippen molar-refractivity contribution in [2.24, 2.45) is 0 Å². The molecule has 0 aliphatic carbocycles. The maximum atomic E-state index is 12.8. The van der Waals surface area contributed by atoms with Crippen LogP contribution in [0.3, 0.4) is 0 Å². The Hall–Kier alpha value is -2.63. The highest BCUT2D eigenvalue weighted by Crippen LogP contribution is 2.17. The maximum absolute atomic E-state index is 12.8. The van der Waals surface area contributed by atoms with Gasteiger partial charge in [0.2, 0.25) is 5.91 Å². The van der Waals surface area contributed by atoms with Crippen molar-refractivity contribution in [3.8, 4) is 0 Å². The summed E-state index contributed by atoms with van der Waals surface area (Å²) in [4.78, 5) is 29.0. The first-order chi connectivity index (χ1) is 14.2. The van der Waals surface area contributed by atoms with Crippen molar-refractivity contribution in [1.82, 2.24) is 19.6 Å². The van der Waals surface area contributed by atoms with Gasteiger partial charge >= 0.3 is 0 Å². The zero-order valence-corrected chi connectivity index (χ0v) is 17.1. The van der Waals surface area contributed by atoms with Crippen LogP contribution >= 0.6 is 0 Å². The number of hydrogen-bond acceptors (Lipinski definition) is 3. The topological polar surface area (TPSA) is 58.4 Å². The largest absolute Gasteiger partial charge is 0.339 e. The zero-order valence-electron chi connectivity index (χ0n) is 17.1. The van der Waals surface area contributed by atoms with Gasteiger partial charge < -0.3 is 9.80 Å². The quantitative estimate of drug-likeness (QED) is 0.708. The summed E-state index contributed by atoms with van der Waals surface area (Å²) >= 11 is 0. The second-order valence-electron chi connectivity index (χ2n) is 8.07. The van der Waals surface area contributed by atoms with Gasteiger partial charge in [0, 0.05) is 44.8 Å². The molecule has 1 fully saturated rings. The van der Waals surface area contributed by atoms with Crippen molar-refractivity contribution in [3.63, 3.8) is 0 Å². The number of aromatic nitrogens is 2. The molecule has 0 spiro atoms. The summed E-state index contributed by atoms with van der Waals surface area (Å²) < 4.78 is 1.98. The number of carbonyl (C=O) groups excluding carboxylic acids is 2. The van der Waals surface area contributed by atoms with E-state index in [9.17, 15) is 9.59 Å². The van der Waals surface area contributed by atoms with Crippen LogP contribution in [0.25, 0.3) is 0 Å². The summed E-state index contributed by atoms with van der Waals surface area (Å²) in [6.45, 7) is 3.34. The van der Waals surface area contributed by atoms with E-state index < -0.39 is 0 Å². The third-order valence-electron chi connectivity index (χ3n) is 6.00. The average molecular weight is 395 g/mol. The summed E-state index contributed by atoms with van der Waals surface area (Å²) in [7, 11) is 0. The average Bonchev–Trinajstić information content (AvgIpc) is 3.21. The molecule has 4 rings (SSSR count). The highest BCUT2D eigenvalue weighted by molar-refractivity contribution is 5.92. The van der Waals surface area contributed by atoms with Crippen LogP contribution in [-0.2, 0) is 24.2 Å². The molecule has 2 aromatic rings. The van der Waals surface area contributed by atoms with Crippen molar-refractivity contribution >= 4 is 11.8 Å². The molecule has 0 unspecified atom stereocenters. The number of benzene rings is 1. The van der Waals surface area contributed by atoms with E-state index in [0.29, 0.717) is 38.3 Å². The fraction of sp³-hybridized carbons (Fsp3) is 0.522. The van der Waals surface area contributed by atoms with Crippen LogP contribution in [-0.4, -0.2) is 57.6 Å². The Morgan fingerprint density at radius 3 is 2.41 bits per heavy atom. The van der Waals surface area contributed by atoms with Crippen molar-refractivity contribution in [2.75, 3.05) is 26.2 Å². The van der Waals surface area contributed by atoms with Crippen LogP contribution in [0.5, 0.6) is 0 Å². The van der Waals surface area contributed by atoms with E-state index in [1.165, 1.54) is 17.7 Å². The van der Waals surface area contributed by atoms with Crippen molar-refractivity contribution < 1.29 is 9.59 Å². The molecule has 2 aliphatic heterocycles. The Labute approximate surface area is 172 Å². The lowest BCUT2D eigenvalue weighted by Crippen LogP contribution is -2.50. The summed E-state index contributed by atoms with van der Waals surface area (Å²) in [5.41, 5.74) is 3.06. The van der Waals surface area contributed by atoms with E-state index in [1.54, 1.807) is 0 Å². The molecule has 6 nitrogen and oxygen atoms in total. The predicted molar refractivity (Wildman–Crippen MR) is 112 cm³/mol. The molecule has 154 valence electrons. The van der Waals surface area contributed by atoms with Crippen LogP contribution in [0.2, 0.25) is 0 Å². The summed E-state index contributed by atoms with van der Waals surface area (Å²) in [6.07, 6.45) is 6.86. The highest BCUT2D eigenvalue weighted by atomic mass is 16.2. The monoisotopic (exact) mass is 394 g/mol. The van der Waals surface area contributed by atoms with Crippen LogP contribution in [0.4, 0.5) is 0 Å². The lowest BCUT2D eigenvalue weighted by Gasteiger charge is -2.34. The number of nitrogens with zero attached hydrogens (tertiary/aromatic N) is 4. The first-order valence-corrected chi connectivity index (χ1v) is 10.9. The van der Waals surface area contributed by atoms with Gasteiger partial charge in [0.25, 0.3) is 5.91 Å². The fourth-order valence-electron chi connectivity index (χ4n) is 4.25. The molecule has 29 heavy (non-hydrogen) atoms. The van der Waals surface area contributed by atoms with E-state index in [1.807, 2.05) is 26.6 Å². The first kappa shape index (κ1) is 19.7. The summed E-state index contributed by atoms with van der Waals surface area (Å²) in [5.74, 6) is 0.212. The molecule has 0 radical (unpaired) electrons. The van der Waals surface area contributed by atoms with E-state index in [0.717, 1.165) is 38.6 Å². The SMILES string of the molecule is O=C(CCCCc1ccccc1)N1CCN(C(=O)c2cc3n(n2)CCCC3)CC1. The minimum atomic E-state index is 0.00172. The number of carbonyl (C=O) groups is 2. The molecule has 2 amide bonds. The molecule has 1 aromatic carbocycles. The summed E-state index contributed by atoms with van der Waals surface area (Å²) in [5, 5.41) is 4.50. The zero-order chi connectivity index (χ0) is 20.1. The molecule has 0 bridgehead atoms. The maximum Gasteiger partial charge on any atom is 0.274 e. The Balaban J connectivity index is 1.20. The lowest BCUT2D eigenvalue weighted by atomic mass is 10.1. The van der Waals surface area contributed by atoms with Gasteiger partial charge in [-0.25, -0.2) is 0 Å². The molecule has 0 atom stereocenters. The standard InChI is InChI=1S/C23H30N4O2/c28-22(12-5-4-10-19-8-2-1-3-9-19)25-14-16-26(17-15-25)23(29)21-18-20-11-6-7-13-27(20)24-21/h1-3,8-9,18H,4-7,10-17H2. The molecular weight excluding hydrogens is 364 g/mol. The molecule has 0 saturated carbocycles. The molecule has 1 saturated heterocycles. The molecule has 0 N–H and O–H groups in total. The number of aryl methyl sites for hydroxylation is 3. The number of amides is 2. The third-order valence-corrected chi connectivity index (χ3v) is 6.00. The molecule has 3 heterocycles. The number of piperazine rings is 1. The second kappa shape index (κ2) is 9.25.